The summed E-state index contributed by atoms with van der Waals surface area (Å²) in [4.78, 5) is 42.5. The molecule has 0 saturated carbocycles. The number of thioether (sulfide) groups is 1. The molecule has 9 heteroatoms. The van der Waals surface area contributed by atoms with E-state index in [2.05, 4.69) is 11.9 Å². The third kappa shape index (κ3) is 3.37. The van der Waals surface area contributed by atoms with E-state index in [1.807, 2.05) is 20.8 Å². The Morgan fingerprint density at radius 2 is 1.90 bits per heavy atom. The normalized spacial score (nSPS) is 17.4. The second kappa shape index (κ2) is 7.56. The monoisotopic (exact) mass is 472 g/mol. The van der Waals surface area contributed by atoms with Crippen LogP contribution in [0, 0.1) is 19.8 Å². The highest BCUT2D eigenvalue weighted by Gasteiger charge is 2.24. The van der Waals surface area contributed by atoms with Crippen molar-refractivity contribution in [2.75, 3.05) is 0 Å². The summed E-state index contributed by atoms with van der Waals surface area (Å²) in [5, 5.41) is 1.96. The molecule has 162 valence electrons. The zero-order chi connectivity index (χ0) is 22.0. The molecule has 0 radical (unpaired) electrons. The lowest BCUT2D eigenvalue weighted by Gasteiger charge is -2.17. The number of fused-ring (bicyclic) bond motifs is 4. The van der Waals surface area contributed by atoms with E-state index in [9.17, 15) is 9.59 Å². The van der Waals surface area contributed by atoms with Gasteiger partial charge in [0.15, 0.2) is 5.16 Å². The van der Waals surface area contributed by atoms with Gasteiger partial charge in [-0.05, 0) is 57.1 Å². The maximum atomic E-state index is 12.9. The molecule has 1 aliphatic carbocycles. The minimum atomic E-state index is -0.146. The molecule has 1 aliphatic rings. The number of hydrogen-bond acceptors (Lipinski definition) is 7. The van der Waals surface area contributed by atoms with Gasteiger partial charge in [-0.25, -0.2) is 9.97 Å². The summed E-state index contributed by atoms with van der Waals surface area (Å²) in [6, 6.07) is 0. The number of aromatic amines is 1. The average molecular weight is 473 g/mol. The van der Waals surface area contributed by atoms with Crippen molar-refractivity contribution in [3.05, 3.63) is 47.4 Å². The van der Waals surface area contributed by atoms with Crippen LogP contribution in [0.25, 0.3) is 20.4 Å². The number of nitrogens with zero attached hydrogens (tertiary/aromatic N) is 3. The Bertz CT molecular complexity index is 1460. The van der Waals surface area contributed by atoms with Crippen molar-refractivity contribution in [2.24, 2.45) is 13.0 Å². The first kappa shape index (κ1) is 20.9. The molecule has 1 N–H and O–H groups in total. The van der Waals surface area contributed by atoms with Gasteiger partial charge < -0.3 is 4.98 Å². The van der Waals surface area contributed by atoms with E-state index >= 15 is 0 Å². The van der Waals surface area contributed by atoms with E-state index in [0.29, 0.717) is 22.3 Å². The van der Waals surface area contributed by atoms with E-state index < -0.39 is 0 Å². The van der Waals surface area contributed by atoms with Crippen LogP contribution in [0.15, 0.2) is 14.7 Å². The zero-order valence-corrected chi connectivity index (χ0v) is 20.6. The van der Waals surface area contributed by atoms with Gasteiger partial charge >= 0.3 is 0 Å². The summed E-state index contributed by atoms with van der Waals surface area (Å²) >= 11 is 4.66. The van der Waals surface area contributed by atoms with Crippen molar-refractivity contribution in [3.8, 4) is 0 Å². The maximum absolute atomic E-state index is 12.9. The molecule has 0 saturated heterocycles. The Labute approximate surface area is 191 Å². The van der Waals surface area contributed by atoms with Gasteiger partial charge in [-0.1, -0.05) is 18.7 Å². The van der Waals surface area contributed by atoms with Crippen molar-refractivity contribution in [2.45, 2.75) is 57.4 Å². The molecule has 2 atom stereocenters. The fraction of sp³-hybridized carbons (Fsp3) is 0.455. The lowest BCUT2D eigenvalue weighted by molar-refractivity contribution is 0.509. The van der Waals surface area contributed by atoms with Crippen LogP contribution in [0.5, 0.6) is 0 Å². The molecule has 0 fully saturated rings. The molecule has 6 nitrogen and oxygen atoms in total. The molecule has 0 aromatic carbocycles. The van der Waals surface area contributed by atoms with Gasteiger partial charge in [0.25, 0.3) is 11.1 Å². The van der Waals surface area contributed by atoms with Gasteiger partial charge in [0.2, 0.25) is 0 Å². The Balaban J connectivity index is 1.54. The van der Waals surface area contributed by atoms with Crippen LogP contribution < -0.4 is 11.1 Å². The SMILES string of the molecule is Cc1sc2nc(SC(C)c3nc4sc5c(c4c(=O)[nH]3)CCC(C)C5)n(C)c(=O)c2c1C. The molecule has 4 aromatic heterocycles. The van der Waals surface area contributed by atoms with E-state index in [0.717, 1.165) is 44.8 Å². The van der Waals surface area contributed by atoms with Crippen molar-refractivity contribution in [3.63, 3.8) is 0 Å². The Morgan fingerprint density at radius 3 is 2.68 bits per heavy atom. The number of thiophene rings is 2. The van der Waals surface area contributed by atoms with Crippen LogP contribution in [-0.4, -0.2) is 19.5 Å². The van der Waals surface area contributed by atoms with Crippen molar-refractivity contribution < 1.29 is 0 Å². The number of aromatic nitrogens is 4. The summed E-state index contributed by atoms with van der Waals surface area (Å²) in [5.74, 6) is 1.28. The van der Waals surface area contributed by atoms with Gasteiger partial charge in [0.05, 0.1) is 16.0 Å². The zero-order valence-electron chi connectivity index (χ0n) is 18.2. The molecule has 0 amide bonds. The number of hydrogen-bond donors (Lipinski definition) is 1. The summed E-state index contributed by atoms with van der Waals surface area (Å²) in [6.07, 6.45) is 3.11. The molecule has 0 bridgehead atoms. The highest BCUT2D eigenvalue weighted by molar-refractivity contribution is 7.99. The molecule has 0 spiro atoms. The molecule has 0 aliphatic heterocycles. The first-order valence-corrected chi connectivity index (χ1v) is 12.9. The predicted octanol–water partition coefficient (Wildman–Crippen LogP) is 4.89. The fourth-order valence-corrected chi connectivity index (χ4v) is 7.63. The first-order valence-electron chi connectivity index (χ1n) is 10.4. The minimum Gasteiger partial charge on any atom is -0.309 e. The smallest absolute Gasteiger partial charge is 0.262 e. The topological polar surface area (TPSA) is 80.6 Å². The first-order chi connectivity index (χ1) is 14.7. The summed E-state index contributed by atoms with van der Waals surface area (Å²) < 4.78 is 1.60. The van der Waals surface area contributed by atoms with Gasteiger partial charge in [-0.2, -0.15) is 0 Å². The summed E-state index contributed by atoms with van der Waals surface area (Å²) in [6.45, 7) is 8.24. The highest BCUT2D eigenvalue weighted by Crippen LogP contribution is 2.38. The molecule has 2 unspecified atom stereocenters. The van der Waals surface area contributed by atoms with Crippen LogP contribution in [0.2, 0.25) is 0 Å². The molecule has 4 heterocycles. The maximum Gasteiger partial charge on any atom is 0.262 e. The van der Waals surface area contributed by atoms with Crippen molar-refractivity contribution in [1.82, 2.24) is 19.5 Å². The second-order valence-electron chi connectivity index (χ2n) is 8.47. The van der Waals surface area contributed by atoms with Crippen LogP contribution in [0.3, 0.4) is 0 Å². The van der Waals surface area contributed by atoms with Crippen LogP contribution in [0.4, 0.5) is 0 Å². The quantitative estimate of drug-likeness (QED) is 0.339. The number of H-pyrrole nitrogens is 1. The van der Waals surface area contributed by atoms with Crippen LogP contribution in [-0.2, 0) is 19.9 Å². The van der Waals surface area contributed by atoms with Gasteiger partial charge in [0, 0.05) is 16.8 Å². The Hall–Kier alpha value is -1.97. The third-order valence-electron chi connectivity index (χ3n) is 6.22. The highest BCUT2D eigenvalue weighted by atomic mass is 32.2. The number of rotatable bonds is 3. The van der Waals surface area contributed by atoms with E-state index in [-0.39, 0.29) is 16.4 Å². The van der Waals surface area contributed by atoms with Crippen molar-refractivity contribution >= 4 is 54.9 Å². The molecular formula is C22H24N4O2S3. The van der Waals surface area contributed by atoms with E-state index in [1.165, 1.54) is 22.2 Å². The largest absolute Gasteiger partial charge is 0.309 e. The van der Waals surface area contributed by atoms with Gasteiger partial charge in [-0.3, -0.25) is 14.2 Å². The minimum absolute atomic E-state index is 0.0292. The molecule has 4 aromatic rings. The predicted molar refractivity (Wildman–Crippen MR) is 130 cm³/mol. The lowest BCUT2D eigenvalue weighted by Crippen LogP contribution is -2.20. The van der Waals surface area contributed by atoms with Gasteiger partial charge in [-0.15, -0.1) is 22.7 Å². The van der Waals surface area contributed by atoms with Crippen LogP contribution >= 0.6 is 34.4 Å². The standard InChI is InChI=1S/C22H24N4O2S3/c1-9-6-7-13-14(8-9)31-20-16(13)18(27)23-17(24-20)12(4)30-22-25-19-15(21(28)26(22)5)10(2)11(3)29-19/h9,12H,6-8H2,1-5H3,(H,23,24,27). The van der Waals surface area contributed by atoms with Gasteiger partial charge in [0.1, 0.15) is 15.5 Å². The average Bonchev–Trinajstić information content (AvgIpc) is 3.22. The van der Waals surface area contributed by atoms with Crippen LogP contribution in [0.1, 0.15) is 52.2 Å². The number of nitrogens with one attached hydrogen (secondary N) is 1. The molecular weight excluding hydrogens is 448 g/mol. The number of aryl methyl sites for hydroxylation is 3. The Kier molecular flexibility index (Phi) is 5.10. The van der Waals surface area contributed by atoms with Crippen molar-refractivity contribution in [1.29, 1.82) is 0 Å². The lowest BCUT2D eigenvalue weighted by atomic mass is 9.89. The third-order valence-corrected chi connectivity index (χ3v) is 9.62. The molecule has 31 heavy (non-hydrogen) atoms. The van der Waals surface area contributed by atoms with E-state index in [1.54, 1.807) is 34.3 Å². The summed E-state index contributed by atoms with van der Waals surface area (Å²) in [5.41, 5.74) is 2.11. The second-order valence-corrected chi connectivity index (χ2v) is 12.1. The Morgan fingerprint density at radius 1 is 1.16 bits per heavy atom. The molecule has 5 rings (SSSR count). The fourth-order valence-electron chi connectivity index (χ4n) is 4.23. The van der Waals surface area contributed by atoms with E-state index in [4.69, 9.17) is 9.97 Å². The summed E-state index contributed by atoms with van der Waals surface area (Å²) in [7, 11) is 1.75.